The Morgan fingerprint density at radius 1 is 0.583 bits per heavy atom. The van der Waals surface area contributed by atoms with Crippen molar-refractivity contribution in [2.24, 2.45) is 0 Å². The fraction of sp³-hybridized carbons (Fsp3) is 0. The molecule has 0 aliphatic carbocycles. The van der Waals surface area contributed by atoms with Crippen molar-refractivity contribution in [3.8, 4) is 11.1 Å². The van der Waals surface area contributed by atoms with Gasteiger partial charge in [-0.3, -0.25) is 0 Å². The topological polar surface area (TPSA) is 132 Å². The number of aromatic carboxylic acids is 2. The number of carboxylic acids is 2. The van der Waals surface area contributed by atoms with Crippen LogP contribution in [0.3, 0.4) is 0 Å². The Hall–Kier alpha value is -5.24. The highest BCUT2D eigenvalue weighted by Crippen LogP contribution is 2.29. The fourth-order valence-electron chi connectivity index (χ4n) is 4.29. The van der Waals surface area contributed by atoms with Crippen molar-refractivity contribution in [3.63, 3.8) is 0 Å². The van der Waals surface area contributed by atoms with Gasteiger partial charge in [0, 0.05) is 27.6 Å². The van der Waals surface area contributed by atoms with Gasteiger partial charge in [-0.2, -0.15) is 0 Å². The molecule has 0 spiro atoms. The van der Waals surface area contributed by atoms with Crippen LogP contribution in [-0.4, -0.2) is 42.1 Å². The molecule has 0 saturated carbocycles. The van der Waals surface area contributed by atoms with Gasteiger partial charge in [-0.05, 0) is 90.5 Å². The Balaban J connectivity index is 1.66. The van der Waals surface area contributed by atoms with Gasteiger partial charge in [0.25, 0.3) is 0 Å². The minimum absolute atomic E-state index is 0.102. The summed E-state index contributed by atoms with van der Waals surface area (Å²) in [5.74, 6) is -2.40. The maximum absolute atomic E-state index is 11.7. The van der Waals surface area contributed by atoms with E-state index in [1.165, 1.54) is 12.1 Å². The predicted molar refractivity (Wildman–Crippen MR) is 138 cm³/mol. The summed E-state index contributed by atoms with van der Waals surface area (Å²) in [6, 6.07) is 17.5. The number of nitrogens with zero attached hydrogens (tertiary/aromatic N) is 2. The van der Waals surface area contributed by atoms with Crippen LogP contribution in [0.4, 0.5) is 0 Å². The molecule has 0 fully saturated rings. The Kier molecular flexibility index (Phi) is 4.86. The number of fused-ring (bicyclic) bond motifs is 8. The SMILES string of the molecule is O=C(O)c1cc(C(=O)O)cc(-c2cc3cc4ccc(cc5nc(cc6nc(cc2[nH]3)C=C6)C=C5)[nH]4)c1. The summed E-state index contributed by atoms with van der Waals surface area (Å²) in [6.45, 7) is 0. The van der Waals surface area contributed by atoms with Crippen LogP contribution in [0.2, 0.25) is 0 Å². The summed E-state index contributed by atoms with van der Waals surface area (Å²) in [4.78, 5) is 39.4. The average molecular weight is 474 g/mol. The summed E-state index contributed by atoms with van der Waals surface area (Å²) < 4.78 is 0. The van der Waals surface area contributed by atoms with E-state index in [1.54, 1.807) is 0 Å². The minimum Gasteiger partial charge on any atom is -0.478 e. The normalized spacial score (nSPS) is 12.1. The molecule has 8 nitrogen and oxygen atoms in total. The number of benzene rings is 1. The van der Waals surface area contributed by atoms with Crippen LogP contribution >= 0.6 is 0 Å². The number of hydrogen-bond donors (Lipinski definition) is 4. The highest BCUT2D eigenvalue weighted by Gasteiger charge is 2.14. The number of hydrogen-bond acceptors (Lipinski definition) is 4. The van der Waals surface area contributed by atoms with Crippen molar-refractivity contribution < 1.29 is 19.8 Å². The van der Waals surface area contributed by atoms with E-state index in [0.717, 1.165) is 39.7 Å². The molecule has 6 rings (SSSR count). The second-order valence-electron chi connectivity index (χ2n) is 8.50. The summed E-state index contributed by atoms with van der Waals surface area (Å²) in [5, 5.41) is 19.1. The van der Waals surface area contributed by atoms with Gasteiger partial charge >= 0.3 is 11.9 Å². The molecule has 1 aromatic carbocycles. The predicted octanol–water partition coefficient (Wildman–Crippen LogP) is 5.72. The average Bonchev–Trinajstić information content (AvgIpc) is 3.64. The van der Waals surface area contributed by atoms with Gasteiger partial charge in [0.1, 0.15) is 0 Å². The largest absolute Gasteiger partial charge is 0.478 e. The van der Waals surface area contributed by atoms with Gasteiger partial charge < -0.3 is 20.2 Å². The Morgan fingerprint density at radius 3 is 1.75 bits per heavy atom. The number of carboxylic acid groups (broad SMARTS) is 2. The number of rotatable bonds is 3. The first-order chi connectivity index (χ1) is 17.4. The molecule has 4 N–H and O–H groups in total. The van der Waals surface area contributed by atoms with Gasteiger partial charge in [0.05, 0.1) is 33.9 Å². The molecule has 8 heteroatoms. The van der Waals surface area contributed by atoms with Crippen molar-refractivity contribution in [3.05, 3.63) is 94.6 Å². The molecule has 2 aliphatic heterocycles. The Bertz CT molecular complexity index is 1780. The molecule has 3 aromatic heterocycles. The highest BCUT2D eigenvalue weighted by atomic mass is 16.4. The minimum atomic E-state index is -1.20. The third-order valence-electron chi connectivity index (χ3n) is 5.91. The van der Waals surface area contributed by atoms with E-state index in [1.807, 2.05) is 66.8 Å². The van der Waals surface area contributed by atoms with Gasteiger partial charge in [0.15, 0.2) is 0 Å². The van der Waals surface area contributed by atoms with Crippen LogP contribution in [0.1, 0.15) is 43.5 Å². The maximum Gasteiger partial charge on any atom is 0.335 e. The van der Waals surface area contributed by atoms with Crippen molar-refractivity contribution in [1.29, 1.82) is 0 Å². The lowest BCUT2D eigenvalue weighted by Gasteiger charge is -2.04. The monoisotopic (exact) mass is 474 g/mol. The lowest BCUT2D eigenvalue weighted by atomic mass is 10.00. The zero-order valence-corrected chi connectivity index (χ0v) is 18.7. The molecule has 5 heterocycles. The van der Waals surface area contributed by atoms with E-state index in [0.29, 0.717) is 22.3 Å². The zero-order valence-electron chi connectivity index (χ0n) is 18.7. The second kappa shape index (κ2) is 8.21. The highest BCUT2D eigenvalue weighted by molar-refractivity contribution is 5.98. The van der Waals surface area contributed by atoms with Gasteiger partial charge in [-0.15, -0.1) is 0 Å². The molecular formula is C28H18N4O4. The molecule has 0 radical (unpaired) electrons. The third kappa shape index (κ3) is 4.07. The van der Waals surface area contributed by atoms with Crippen LogP contribution in [-0.2, 0) is 0 Å². The van der Waals surface area contributed by atoms with Crippen LogP contribution in [0.25, 0.3) is 57.5 Å². The number of aromatic amines is 2. The first kappa shape index (κ1) is 21.3. The van der Waals surface area contributed by atoms with Crippen LogP contribution in [0.15, 0.2) is 60.7 Å². The van der Waals surface area contributed by atoms with E-state index in [9.17, 15) is 19.8 Å². The zero-order chi connectivity index (χ0) is 24.8. The Labute approximate surface area is 204 Å². The first-order valence-electron chi connectivity index (χ1n) is 11.1. The molecule has 0 amide bonds. The van der Waals surface area contributed by atoms with E-state index in [-0.39, 0.29) is 11.1 Å². The molecule has 2 aliphatic rings. The molecule has 0 unspecified atom stereocenters. The molecule has 4 aromatic rings. The maximum atomic E-state index is 11.7. The lowest BCUT2D eigenvalue weighted by molar-refractivity contribution is 0.0696. The number of nitrogens with one attached hydrogen (secondary N) is 2. The summed E-state index contributed by atoms with van der Waals surface area (Å²) in [6.07, 6.45) is 7.65. The van der Waals surface area contributed by atoms with Crippen molar-refractivity contribution in [2.45, 2.75) is 0 Å². The van der Waals surface area contributed by atoms with Crippen LogP contribution < -0.4 is 0 Å². The molecule has 0 atom stereocenters. The van der Waals surface area contributed by atoms with Gasteiger partial charge in [-0.25, -0.2) is 19.6 Å². The molecule has 174 valence electrons. The quantitative estimate of drug-likeness (QED) is 0.259. The molecular weight excluding hydrogens is 456 g/mol. The number of aromatic nitrogens is 4. The molecule has 8 bridgehead atoms. The fourth-order valence-corrected chi connectivity index (χ4v) is 4.29. The molecule has 0 saturated heterocycles. The Morgan fingerprint density at radius 2 is 1.14 bits per heavy atom. The van der Waals surface area contributed by atoms with Crippen molar-refractivity contribution >= 4 is 58.3 Å². The standard InChI is InChI=1S/C28H18N4O4/c33-27(34)16-7-15(8-17(9-16)28(35)36)25-13-24-12-22-4-3-20(30-22)10-18-1-2-19(29-18)11-21-5-6-23(31-21)14-26(25)32-24/h1-14,30,32H,(H,33,34)(H,35,36). The van der Waals surface area contributed by atoms with Crippen LogP contribution in [0, 0.1) is 0 Å². The van der Waals surface area contributed by atoms with Crippen molar-refractivity contribution in [1.82, 2.24) is 19.9 Å². The smallest absolute Gasteiger partial charge is 0.335 e. The molecule has 36 heavy (non-hydrogen) atoms. The second-order valence-corrected chi connectivity index (χ2v) is 8.50. The van der Waals surface area contributed by atoms with E-state index >= 15 is 0 Å². The summed E-state index contributed by atoms with van der Waals surface area (Å²) in [5.41, 5.74) is 7.16. The van der Waals surface area contributed by atoms with Gasteiger partial charge in [0.2, 0.25) is 0 Å². The summed E-state index contributed by atoms with van der Waals surface area (Å²) in [7, 11) is 0. The van der Waals surface area contributed by atoms with E-state index in [4.69, 9.17) is 0 Å². The van der Waals surface area contributed by atoms with Crippen LogP contribution in [0.5, 0.6) is 0 Å². The number of H-pyrrole nitrogens is 2. The van der Waals surface area contributed by atoms with E-state index in [2.05, 4.69) is 19.9 Å². The number of carbonyl (C=O) groups is 2. The van der Waals surface area contributed by atoms with Gasteiger partial charge in [-0.1, -0.05) is 0 Å². The summed E-state index contributed by atoms with van der Waals surface area (Å²) >= 11 is 0. The first-order valence-corrected chi connectivity index (χ1v) is 11.1. The third-order valence-corrected chi connectivity index (χ3v) is 5.91. The lowest BCUT2D eigenvalue weighted by Crippen LogP contribution is -2.02. The van der Waals surface area contributed by atoms with E-state index < -0.39 is 11.9 Å². The van der Waals surface area contributed by atoms with Crippen molar-refractivity contribution in [2.75, 3.05) is 0 Å².